The van der Waals surface area contributed by atoms with E-state index in [9.17, 15) is 4.79 Å². The summed E-state index contributed by atoms with van der Waals surface area (Å²) in [6, 6.07) is 9.35. The Hall–Kier alpha value is -2.26. The Labute approximate surface area is 124 Å². The van der Waals surface area contributed by atoms with E-state index in [1.165, 1.54) is 0 Å². The quantitative estimate of drug-likeness (QED) is 0.828. The monoisotopic (exact) mass is 288 g/mol. The van der Waals surface area contributed by atoms with Crippen LogP contribution in [0.15, 0.2) is 24.3 Å². The van der Waals surface area contributed by atoms with Gasteiger partial charge in [-0.2, -0.15) is 5.26 Å². The molecule has 0 radical (unpaired) electrons. The van der Waals surface area contributed by atoms with Gasteiger partial charge >= 0.3 is 6.03 Å². The van der Waals surface area contributed by atoms with Crippen LogP contribution in [0, 0.1) is 11.3 Å². The molecule has 0 spiro atoms. The summed E-state index contributed by atoms with van der Waals surface area (Å²) in [6.07, 6.45) is 1.74. The Morgan fingerprint density at radius 3 is 2.90 bits per heavy atom. The third-order valence-corrected chi connectivity index (χ3v) is 3.54. The predicted molar refractivity (Wildman–Crippen MR) is 80.2 cm³/mol. The molecule has 0 saturated carbocycles. The van der Waals surface area contributed by atoms with Crippen LogP contribution < -0.4 is 15.4 Å². The van der Waals surface area contributed by atoms with Crippen molar-refractivity contribution in [2.45, 2.75) is 18.9 Å². The second kappa shape index (κ2) is 7.50. The number of methoxy groups -OCH3 is 1. The molecule has 1 fully saturated rings. The molecular formula is C15H20N4O2. The molecule has 112 valence electrons. The summed E-state index contributed by atoms with van der Waals surface area (Å²) in [5.41, 5.74) is 0.703. The lowest BCUT2D eigenvalue weighted by Gasteiger charge is -2.30. The summed E-state index contributed by atoms with van der Waals surface area (Å²) in [7, 11) is 1.59. The lowest BCUT2D eigenvalue weighted by molar-refractivity contribution is 0.211. The number of hydrogen-bond donors (Lipinski definition) is 2. The van der Waals surface area contributed by atoms with Gasteiger partial charge in [-0.3, -0.25) is 4.90 Å². The number of ether oxygens (including phenoxy) is 1. The van der Waals surface area contributed by atoms with Crippen molar-refractivity contribution in [2.24, 2.45) is 0 Å². The van der Waals surface area contributed by atoms with Crippen molar-refractivity contribution in [1.29, 1.82) is 5.26 Å². The summed E-state index contributed by atoms with van der Waals surface area (Å²) in [5.74, 6) is 0.706. The largest absolute Gasteiger partial charge is 0.497 e. The fraction of sp³-hybridized carbons (Fsp3) is 0.467. The van der Waals surface area contributed by atoms with Crippen molar-refractivity contribution < 1.29 is 9.53 Å². The van der Waals surface area contributed by atoms with Crippen molar-refractivity contribution in [2.75, 3.05) is 32.1 Å². The molecule has 0 atom stereocenters. The Kier molecular flexibility index (Phi) is 5.41. The van der Waals surface area contributed by atoms with Gasteiger partial charge in [-0.25, -0.2) is 4.79 Å². The normalized spacial score (nSPS) is 16.0. The molecule has 0 aliphatic carbocycles. The smallest absolute Gasteiger partial charge is 0.319 e. The molecule has 2 rings (SSSR count). The number of rotatable bonds is 4. The summed E-state index contributed by atoms with van der Waals surface area (Å²) >= 11 is 0. The van der Waals surface area contributed by atoms with Gasteiger partial charge < -0.3 is 15.4 Å². The van der Waals surface area contributed by atoms with Gasteiger partial charge in [-0.1, -0.05) is 6.07 Å². The van der Waals surface area contributed by atoms with E-state index < -0.39 is 0 Å². The standard InChI is InChI=1S/C15H20N4O2/c1-21-14-4-2-3-13(11-14)18-15(20)17-12-5-8-19(9-6-12)10-7-16/h2-4,11-12H,5-6,8-10H2,1H3,(H2,17,18,20). The molecule has 21 heavy (non-hydrogen) atoms. The first kappa shape index (κ1) is 15.1. The average Bonchev–Trinajstić information content (AvgIpc) is 2.49. The van der Waals surface area contributed by atoms with E-state index in [0.29, 0.717) is 18.0 Å². The van der Waals surface area contributed by atoms with Gasteiger partial charge in [0, 0.05) is 30.9 Å². The molecule has 0 aromatic heterocycles. The van der Waals surface area contributed by atoms with Crippen LogP contribution in [-0.4, -0.2) is 43.7 Å². The van der Waals surface area contributed by atoms with Gasteiger partial charge in [-0.15, -0.1) is 0 Å². The molecular weight excluding hydrogens is 268 g/mol. The molecule has 1 aliphatic heterocycles. The maximum Gasteiger partial charge on any atom is 0.319 e. The van der Waals surface area contributed by atoms with Crippen LogP contribution in [0.25, 0.3) is 0 Å². The van der Waals surface area contributed by atoms with E-state index in [1.54, 1.807) is 13.2 Å². The number of benzene rings is 1. The number of piperidine rings is 1. The number of nitrogens with one attached hydrogen (secondary N) is 2. The topological polar surface area (TPSA) is 77.4 Å². The number of nitriles is 1. The minimum atomic E-state index is -0.206. The zero-order valence-electron chi connectivity index (χ0n) is 12.1. The second-order valence-electron chi connectivity index (χ2n) is 5.04. The highest BCUT2D eigenvalue weighted by Gasteiger charge is 2.20. The minimum Gasteiger partial charge on any atom is -0.497 e. The highest BCUT2D eigenvalue weighted by atomic mass is 16.5. The molecule has 6 heteroatoms. The Morgan fingerprint density at radius 1 is 1.48 bits per heavy atom. The molecule has 1 saturated heterocycles. The van der Waals surface area contributed by atoms with Gasteiger partial charge in [0.25, 0.3) is 0 Å². The van der Waals surface area contributed by atoms with E-state index in [4.69, 9.17) is 10.00 Å². The van der Waals surface area contributed by atoms with Crippen molar-refractivity contribution in [3.63, 3.8) is 0 Å². The highest BCUT2D eigenvalue weighted by molar-refractivity contribution is 5.89. The molecule has 6 nitrogen and oxygen atoms in total. The van der Waals surface area contributed by atoms with Crippen LogP contribution in [0.3, 0.4) is 0 Å². The zero-order valence-corrected chi connectivity index (χ0v) is 12.1. The maximum atomic E-state index is 12.0. The molecule has 2 N–H and O–H groups in total. The molecule has 1 aromatic carbocycles. The second-order valence-corrected chi connectivity index (χ2v) is 5.04. The van der Waals surface area contributed by atoms with Crippen molar-refractivity contribution >= 4 is 11.7 Å². The van der Waals surface area contributed by atoms with Crippen molar-refractivity contribution in [3.05, 3.63) is 24.3 Å². The maximum absolute atomic E-state index is 12.0. The predicted octanol–water partition coefficient (Wildman–Crippen LogP) is 1.80. The minimum absolute atomic E-state index is 0.158. The number of urea groups is 1. The van der Waals surface area contributed by atoms with Gasteiger partial charge in [0.05, 0.1) is 19.7 Å². The van der Waals surface area contributed by atoms with Crippen molar-refractivity contribution in [3.8, 4) is 11.8 Å². The van der Waals surface area contributed by atoms with Gasteiger partial charge in [0.1, 0.15) is 5.75 Å². The first-order valence-corrected chi connectivity index (χ1v) is 7.02. The van der Waals surface area contributed by atoms with Gasteiger partial charge in [-0.05, 0) is 25.0 Å². The van der Waals surface area contributed by atoms with Crippen LogP contribution in [0.2, 0.25) is 0 Å². The highest BCUT2D eigenvalue weighted by Crippen LogP contribution is 2.17. The van der Waals surface area contributed by atoms with E-state index in [-0.39, 0.29) is 12.1 Å². The van der Waals surface area contributed by atoms with Gasteiger partial charge in [0.2, 0.25) is 0 Å². The first-order valence-electron chi connectivity index (χ1n) is 7.02. The van der Waals surface area contributed by atoms with Crippen molar-refractivity contribution in [1.82, 2.24) is 10.2 Å². The molecule has 1 heterocycles. The number of anilines is 1. The number of likely N-dealkylation sites (tertiary alicyclic amines) is 1. The van der Waals surface area contributed by atoms with Crippen LogP contribution in [0.1, 0.15) is 12.8 Å². The Balaban J connectivity index is 1.78. The lowest BCUT2D eigenvalue weighted by atomic mass is 10.1. The van der Waals surface area contributed by atoms with Crippen LogP contribution in [0.5, 0.6) is 5.75 Å². The van der Waals surface area contributed by atoms with Gasteiger partial charge in [0.15, 0.2) is 0 Å². The number of amides is 2. The Morgan fingerprint density at radius 2 is 2.24 bits per heavy atom. The number of nitrogens with zero attached hydrogens (tertiary/aromatic N) is 2. The number of carbonyl (C=O) groups excluding carboxylic acids is 1. The summed E-state index contributed by atoms with van der Waals surface area (Å²) in [6.45, 7) is 2.15. The molecule has 0 unspecified atom stereocenters. The molecule has 1 aliphatic rings. The zero-order chi connectivity index (χ0) is 15.1. The summed E-state index contributed by atoms with van der Waals surface area (Å²) in [5, 5.41) is 14.4. The van der Waals surface area contributed by atoms with E-state index >= 15 is 0 Å². The summed E-state index contributed by atoms with van der Waals surface area (Å²) < 4.78 is 5.12. The number of hydrogen-bond acceptors (Lipinski definition) is 4. The molecule has 0 bridgehead atoms. The lowest BCUT2D eigenvalue weighted by Crippen LogP contribution is -2.46. The summed E-state index contributed by atoms with van der Waals surface area (Å²) in [4.78, 5) is 14.1. The average molecular weight is 288 g/mol. The van der Waals surface area contributed by atoms with Crippen LogP contribution in [-0.2, 0) is 0 Å². The SMILES string of the molecule is COc1cccc(NC(=O)NC2CCN(CC#N)CC2)c1. The van der Waals surface area contributed by atoms with Crippen LogP contribution >= 0.6 is 0 Å². The third kappa shape index (κ3) is 4.65. The van der Waals surface area contributed by atoms with Crippen LogP contribution in [0.4, 0.5) is 10.5 Å². The molecule has 1 aromatic rings. The Bertz CT molecular complexity index is 519. The van der Waals surface area contributed by atoms with E-state index in [2.05, 4.69) is 21.6 Å². The molecule has 2 amide bonds. The van der Waals surface area contributed by atoms with E-state index in [0.717, 1.165) is 25.9 Å². The first-order chi connectivity index (χ1) is 10.2. The number of carbonyl (C=O) groups is 1. The fourth-order valence-corrected chi connectivity index (χ4v) is 2.39. The third-order valence-electron chi connectivity index (χ3n) is 3.54. The fourth-order valence-electron chi connectivity index (χ4n) is 2.39. The van der Waals surface area contributed by atoms with E-state index in [1.807, 2.05) is 18.2 Å².